The molecule has 2 unspecified atom stereocenters. The second kappa shape index (κ2) is 5.71. The van der Waals surface area contributed by atoms with Gasteiger partial charge in [0.2, 0.25) is 0 Å². The van der Waals surface area contributed by atoms with E-state index in [-0.39, 0.29) is 0 Å². The second-order valence-corrected chi connectivity index (χ2v) is 6.49. The minimum Gasteiger partial charge on any atom is -0.312 e. The van der Waals surface area contributed by atoms with Gasteiger partial charge in [-0.1, -0.05) is 26.2 Å². The van der Waals surface area contributed by atoms with Crippen LogP contribution in [0.3, 0.4) is 0 Å². The zero-order valence-corrected chi connectivity index (χ0v) is 12.0. The van der Waals surface area contributed by atoms with Crippen molar-refractivity contribution in [2.45, 2.75) is 69.9 Å². The minimum absolute atomic E-state index is 0.463. The van der Waals surface area contributed by atoms with Crippen molar-refractivity contribution < 1.29 is 0 Å². The smallest absolute Gasteiger partial charge is 0.0327 e. The lowest BCUT2D eigenvalue weighted by Gasteiger charge is -2.37. The first-order valence-corrected chi connectivity index (χ1v) is 7.57. The van der Waals surface area contributed by atoms with E-state index >= 15 is 0 Å². The molecule has 17 heavy (non-hydrogen) atoms. The van der Waals surface area contributed by atoms with Crippen LogP contribution in [-0.2, 0) is 0 Å². The molecule has 0 heterocycles. The Morgan fingerprint density at radius 3 is 2.41 bits per heavy atom. The summed E-state index contributed by atoms with van der Waals surface area (Å²) in [5.74, 6) is 0.992. The Morgan fingerprint density at radius 2 is 1.88 bits per heavy atom. The fourth-order valence-electron chi connectivity index (χ4n) is 3.78. The molecule has 2 rings (SSSR count). The first-order chi connectivity index (χ1) is 8.16. The Kier molecular flexibility index (Phi) is 4.48. The molecule has 2 atom stereocenters. The van der Waals surface area contributed by atoms with Gasteiger partial charge < -0.3 is 10.2 Å². The largest absolute Gasteiger partial charge is 0.312 e. The molecule has 0 amide bonds. The van der Waals surface area contributed by atoms with Gasteiger partial charge in [0.15, 0.2) is 0 Å². The molecule has 0 spiro atoms. The highest BCUT2D eigenvalue weighted by Gasteiger charge is 2.36. The average molecular weight is 238 g/mol. The minimum atomic E-state index is 0.463. The van der Waals surface area contributed by atoms with Crippen LogP contribution in [0.4, 0.5) is 0 Å². The van der Waals surface area contributed by atoms with Gasteiger partial charge in [0, 0.05) is 18.1 Å². The van der Waals surface area contributed by atoms with E-state index in [9.17, 15) is 0 Å². The van der Waals surface area contributed by atoms with Gasteiger partial charge in [-0.25, -0.2) is 0 Å². The normalized spacial score (nSPS) is 32.5. The molecule has 2 heteroatoms. The number of hydrogen-bond acceptors (Lipinski definition) is 2. The topological polar surface area (TPSA) is 15.3 Å². The van der Waals surface area contributed by atoms with E-state index in [1.165, 1.54) is 57.9 Å². The maximum Gasteiger partial charge on any atom is 0.0327 e. The highest BCUT2D eigenvalue weighted by molar-refractivity contribution is 4.95. The molecule has 0 saturated heterocycles. The Balaban J connectivity index is 1.80. The van der Waals surface area contributed by atoms with Crippen LogP contribution in [0.1, 0.15) is 58.3 Å². The van der Waals surface area contributed by atoms with Crippen LogP contribution in [0, 0.1) is 5.92 Å². The summed E-state index contributed by atoms with van der Waals surface area (Å²) in [4.78, 5) is 2.47. The van der Waals surface area contributed by atoms with Gasteiger partial charge in [-0.15, -0.1) is 0 Å². The summed E-state index contributed by atoms with van der Waals surface area (Å²) >= 11 is 0. The fourth-order valence-corrected chi connectivity index (χ4v) is 3.78. The summed E-state index contributed by atoms with van der Waals surface area (Å²) in [6.45, 7) is 3.55. The van der Waals surface area contributed by atoms with Gasteiger partial charge >= 0.3 is 0 Å². The monoisotopic (exact) mass is 238 g/mol. The van der Waals surface area contributed by atoms with Gasteiger partial charge in [-0.3, -0.25) is 0 Å². The van der Waals surface area contributed by atoms with Crippen LogP contribution < -0.4 is 5.32 Å². The van der Waals surface area contributed by atoms with Crippen molar-refractivity contribution in [1.29, 1.82) is 0 Å². The van der Waals surface area contributed by atoms with E-state index in [4.69, 9.17) is 0 Å². The molecule has 2 fully saturated rings. The predicted molar refractivity (Wildman–Crippen MR) is 74.3 cm³/mol. The predicted octanol–water partition coefficient (Wildman–Crippen LogP) is 3.03. The highest BCUT2D eigenvalue weighted by atomic mass is 15.2. The molecule has 1 N–H and O–H groups in total. The lowest BCUT2D eigenvalue weighted by atomic mass is 9.95. The third-order valence-electron chi connectivity index (χ3n) is 5.32. The van der Waals surface area contributed by atoms with E-state index in [2.05, 4.69) is 31.2 Å². The summed E-state index contributed by atoms with van der Waals surface area (Å²) < 4.78 is 0. The van der Waals surface area contributed by atoms with Gasteiger partial charge in [0.25, 0.3) is 0 Å². The maximum absolute atomic E-state index is 3.87. The molecule has 2 aliphatic carbocycles. The van der Waals surface area contributed by atoms with Gasteiger partial charge in [-0.2, -0.15) is 0 Å². The van der Waals surface area contributed by atoms with E-state index in [1.807, 2.05) is 0 Å². The van der Waals surface area contributed by atoms with Crippen LogP contribution in [0.2, 0.25) is 0 Å². The second-order valence-electron chi connectivity index (χ2n) is 6.49. The van der Waals surface area contributed by atoms with Gasteiger partial charge in [-0.05, 0) is 52.1 Å². The van der Waals surface area contributed by atoms with Crippen molar-refractivity contribution in [2.75, 3.05) is 20.6 Å². The van der Waals surface area contributed by atoms with Crippen molar-refractivity contribution >= 4 is 0 Å². The molecule has 0 aromatic carbocycles. The number of nitrogens with zero attached hydrogens (tertiary/aromatic N) is 1. The molecule has 0 bridgehead atoms. The maximum atomic E-state index is 3.87. The number of nitrogens with one attached hydrogen (secondary N) is 1. The molecule has 0 radical (unpaired) electrons. The Labute approximate surface area is 107 Å². The van der Waals surface area contributed by atoms with Crippen molar-refractivity contribution in [1.82, 2.24) is 10.2 Å². The van der Waals surface area contributed by atoms with Crippen LogP contribution in [0.25, 0.3) is 0 Å². The van der Waals surface area contributed by atoms with E-state index in [0.717, 1.165) is 12.0 Å². The summed E-state index contributed by atoms with van der Waals surface area (Å²) in [7, 11) is 4.52. The zero-order chi connectivity index (χ0) is 12.3. The standard InChI is InChI=1S/C15H30N2/c1-4-13-7-8-14(11-13)16-12-15(17(2)3)9-5-6-10-15/h13-14,16H,4-12H2,1-3H3. The van der Waals surface area contributed by atoms with Crippen molar-refractivity contribution in [3.63, 3.8) is 0 Å². The SMILES string of the molecule is CCC1CCC(NCC2(N(C)C)CCCC2)C1. The van der Waals surface area contributed by atoms with Crippen LogP contribution in [-0.4, -0.2) is 37.1 Å². The summed E-state index contributed by atoms with van der Waals surface area (Å²) in [5.41, 5.74) is 0.463. The van der Waals surface area contributed by atoms with Gasteiger partial charge in [0.1, 0.15) is 0 Å². The first-order valence-electron chi connectivity index (χ1n) is 7.57. The molecule has 2 nitrogen and oxygen atoms in total. The van der Waals surface area contributed by atoms with Crippen LogP contribution >= 0.6 is 0 Å². The van der Waals surface area contributed by atoms with Crippen molar-refractivity contribution in [3.05, 3.63) is 0 Å². The molecule has 0 aromatic rings. The van der Waals surface area contributed by atoms with Crippen molar-refractivity contribution in [3.8, 4) is 0 Å². The number of hydrogen-bond donors (Lipinski definition) is 1. The lowest BCUT2D eigenvalue weighted by molar-refractivity contribution is 0.149. The third kappa shape index (κ3) is 3.03. The molecular formula is C15H30N2. The highest BCUT2D eigenvalue weighted by Crippen LogP contribution is 2.34. The summed E-state index contributed by atoms with van der Waals surface area (Å²) in [6.07, 6.45) is 11.3. The number of likely N-dealkylation sites (N-methyl/N-ethyl adjacent to an activating group) is 1. The van der Waals surface area contributed by atoms with Crippen LogP contribution in [0.15, 0.2) is 0 Å². The molecule has 0 aliphatic heterocycles. The Hall–Kier alpha value is -0.0800. The Morgan fingerprint density at radius 1 is 1.18 bits per heavy atom. The molecule has 2 saturated carbocycles. The van der Waals surface area contributed by atoms with E-state index in [0.29, 0.717) is 5.54 Å². The third-order valence-corrected chi connectivity index (χ3v) is 5.32. The quantitative estimate of drug-likeness (QED) is 0.792. The molecule has 0 aromatic heterocycles. The first kappa shape index (κ1) is 13.4. The van der Waals surface area contributed by atoms with Crippen molar-refractivity contribution in [2.24, 2.45) is 5.92 Å². The Bertz CT molecular complexity index is 231. The fraction of sp³-hybridized carbons (Fsp3) is 1.00. The zero-order valence-electron chi connectivity index (χ0n) is 12.0. The van der Waals surface area contributed by atoms with E-state index in [1.54, 1.807) is 0 Å². The van der Waals surface area contributed by atoms with Crippen LogP contribution in [0.5, 0.6) is 0 Å². The number of rotatable bonds is 5. The molecule has 100 valence electrons. The molecule has 2 aliphatic rings. The summed E-state index contributed by atoms with van der Waals surface area (Å²) in [6, 6.07) is 0.803. The lowest BCUT2D eigenvalue weighted by Crippen LogP contribution is -2.51. The van der Waals surface area contributed by atoms with Gasteiger partial charge in [0.05, 0.1) is 0 Å². The molecular weight excluding hydrogens is 208 g/mol. The average Bonchev–Trinajstić information content (AvgIpc) is 2.96. The van der Waals surface area contributed by atoms with E-state index < -0.39 is 0 Å². The summed E-state index contributed by atoms with van der Waals surface area (Å²) in [5, 5.41) is 3.87.